The number of aliphatic hydroxyl groups excluding tert-OH is 1. The zero-order valence-corrected chi connectivity index (χ0v) is 5.42. The minimum absolute atomic E-state index is 0.366. The van der Waals surface area contributed by atoms with Crippen LogP contribution >= 0.6 is 0 Å². The fourth-order valence-corrected chi connectivity index (χ4v) is 0.320. The van der Waals surface area contributed by atoms with E-state index in [1.807, 2.05) is 0 Å². The van der Waals surface area contributed by atoms with Crippen LogP contribution in [-0.2, 0) is 4.79 Å². The van der Waals surface area contributed by atoms with Crippen molar-refractivity contribution < 1.29 is 9.90 Å². The highest BCUT2D eigenvalue weighted by atomic mass is 16.3. The summed E-state index contributed by atoms with van der Waals surface area (Å²) in [6.45, 7) is 5.22. The smallest absolute Gasteiger partial charge is 0.248 e. The molecule has 0 aromatic heterocycles. The lowest BCUT2D eigenvalue weighted by molar-refractivity contribution is -0.128. The van der Waals surface area contributed by atoms with Gasteiger partial charge in [-0.1, -0.05) is 6.08 Å². The zero-order chi connectivity index (χ0) is 7.28. The summed E-state index contributed by atoms with van der Waals surface area (Å²) in [6, 6.07) is 0. The molecule has 1 atom stereocenters. The van der Waals surface area contributed by atoms with Crippen molar-refractivity contribution in [3.05, 3.63) is 12.7 Å². The molecule has 0 fully saturated rings. The number of nitrogens with one attached hydrogen (secondary N) is 1. The number of amides is 1. The van der Waals surface area contributed by atoms with E-state index < -0.39 is 6.10 Å². The van der Waals surface area contributed by atoms with E-state index in [2.05, 4.69) is 11.9 Å². The molecule has 0 bridgehead atoms. The quantitative estimate of drug-likeness (QED) is 0.512. The molecule has 52 valence electrons. The second-order valence-electron chi connectivity index (χ2n) is 1.71. The van der Waals surface area contributed by atoms with Crippen LogP contribution in [0.15, 0.2) is 12.7 Å². The van der Waals surface area contributed by atoms with Gasteiger partial charge in [-0.05, 0) is 6.92 Å². The molecule has 0 aliphatic rings. The second-order valence-corrected chi connectivity index (χ2v) is 1.71. The molecule has 1 amide bonds. The van der Waals surface area contributed by atoms with Gasteiger partial charge in [-0.15, -0.1) is 6.58 Å². The van der Waals surface area contributed by atoms with Crippen LogP contribution in [0.25, 0.3) is 0 Å². The molecule has 0 aliphatic carbocycles. The van der Waals surface area contributed by atoms with E-state index in [0.29, 0.717) is 6.54 Å². The molecule has 3 heteroatoms. The largest absolute Gasteiger partial charge is 0.384 e. The van der Waals surface area contributed by atoms with Crippen LogP contribution < -0.4 is 5.32 Å². The third-order valence-corrected chi connectivity index (χ3v) is 0.800. The van der Waals surface area contributed by atoms with Crippen LogP contribution in [0.3, 0.4) is 0 Å². The summed E-state index contributed by atoms with van der Waals surface area (Å²) in [4.78, 5) is 10.5. The Labute approximate surface area is 54.4 Å². The van der Waals surface area contributed by atoms with Crippen LogP contribution in [0.4, 0.5) is 0 Å². The van der Waals surface area contributed by atoms with Crippen LogP contribution in [-0.4, -0.2) is 23.7 Å². The number of hydrogen-bond acceptors (Lipinski definition) is 2. The number of rotatable bonds is 3. The van der Waals surface area contributed by atoms with E-state index in [-0.39, 0.29) is 5.91 Å². The molecule has 3 nitrogen and oxygen atoms in total. The van der Waals surface area contributed by atoms with Crippen molar-refractivity contribution in [1.29, 1.82) is 0 Å². The summed E-state index contributed by atoms with van der Waals surface area (Å²) >= 11 is 0. The molecule has 1 unspecified atom stereocenters. The van der Waals surface area contributed by atoms with E-state index in [1.165, 1.54) is 6.92 Å². The Bertz CT molecular complexity index is 110. The Balaban J connectivity index is 3.38. The van der Waals surface area contributed by atoms with E-state index >= 15 is 0 Å². The maximum Gasteiger partial charge on any atom is 0.248 e. The lowest BCUT2D eigenvalue weighted by Crippen LogP contribution is -2.32. The predicted molar refractivity (Wildman–Crippen MR) is 34.9 cm³/mol. The average Bonchev–Trinajstić information content (AvgIpc) is 1.82. The first kappa shape index (κ1) is 8.17. The first-order chi connectivity index (χ1) is 4.18. The highest BCUT2D eigenvalue weighted by Gasteiger charge is 2.04. The minimum atomic E-state index is -0.926. The molecule has 2 N–H and O–H groups in total. The number of aliphatic hydroxyl groups is 1. The molecule has 0 aromatic carbocycles. The molecule has 9 heavy (non-hydrogen) atoms. The van der Waals surface area contributed by atoms with Gasteiger partial charge in [0, 0.05) is 6.54 Å². The van der Waals surface area contributed by atoms with Crippen molar-refractivity contribution >= 4 is 5.91 Å². The molecular formula is C6H11NO2. The first-order valence-corrected chi connectivity index (χ1v) is 2.75. The monoisotopic (exact) mass is 129 g/mol. The predicted octanol–water partition coefficient (Wildman–Crippen LogP) is -0.331. The molecular weight excluding hydrogens is 118 g/mol. The van der Waals surface area contributed by atoms with Crippen LogP contribution in [0.1, 0.15) is 6.92 Å². The van der Waals surface area contributed by atoms with Gasteiger partial charge >= 0.3 is 0 Å². The maximum atomic E-state index is 10.5. The van der Waals surface area contributed by atoms with Crippen molar-refractivity contribution in [2.75, 3.05) is 6.54 Å². The Morgan fingerprint density at radius 1 is 2.00 bits per heavy atom. The summed E-state index contributed by atoms with van der Waals surface area (Å²) < 4.78 is 0. The molecule has 0 rings (SSSR count). The fourth-order valence-electron chi connectivity index (χ4n) is 0.320. The van der Waals surface area contributed by atoms with Gasteiger partial charge in [-0.3, -0.25) is 4.79 Å². The van der Waals surface area contributed by atoms with E-state index in [4.69, 9.17) is 5.11 Å². The van der Waals surface area contributed by atoms with Crippen molar-refractivity contribution in [3.8, 4) is 0 Å². The zero-order valence-electron chi connectivity index (χ0n) is 5.42. The van der Waals surface area contributed by atoms with Crippen molar-refractivity contribution in [2.24, 2.45) is 0 Å². The Morgan fingerprint density at radius 2 is 2.56 bits per heavy atom. The van der Waals surface area contributed by atoms with Gasteiger partial charge in [-0.25, -0.2) is 0 Å². The summed E-state index contributed by atoms with van der Waals surface area (Å²) in [5.41, 5.74) is 0. The average molecular weight is 129 g/mol. The van der Waals surface area contributed by atoms with Crippen molar-refractivity contribution in [3.63, 3.8) is 0 Å². The third-order valence-electron chi connectivity index (χ3n) is 0.800. The lowest BCUT2D eigenvalue weighted by Gasteiger charge is -2.02. The van der Waals surface area contributed by atoms with Crippen molar-refractivity contribution in [1.82, 2.24) is 5.32 Å². The summed E-state index contributed by atoms with van der Waals surface area (Å²) in [7, 11) is 0. The Kier molecular flexibility index (Phi) is 3.71. The molecule has 0 radical (unpaired) electrons. The molecule has 0 spiro atoms. The number of hydrogen-bond donors (Lipinski definition) is 2. The number of carbonyl (C=O) groups excluding carboxylic acids is 1. The standard InChI is InChI=1S/C6H11NO2/c1-3-4-7-6(9)5(2)8/h3,5,8H,1,4H2,2H3,(H,7,9). The highest BCUT2D eigenvalue weighted by Crippen LogP contribution is 1.76. The third kappa shape index (κ3) is 3.73. The molecule has 0 aromatic rings. The van der Waals surface area contributed by atoms with Gasteiger partial charge in [0.2, 0.25) is 5.91 Å². The van der Waals surface area contributed by atoms with E-state index in [1.54, 1.807) is 6.08 Å². The summed E-state index contributed by atoms with van der Waals surface area (Å²) in [5, 5.41) is 11.0. The molecule has 0 saturated heterocycles. The Morgan fingerprint density at radius 3 is 2.89 bits per heavy atom. The topological polar surface area (TPSA) is 49.3 Å². The van der Waals surface area contributed by atoms with E-state index in [9.17, 15) is 4.79 Å². The summed E-state index contributed by atoms with van der Waals surface area (Å²) in [5.74, 6) is -0.366. The van der Waals surface area contributed by atoms with Crippen LogP contribution in [0.2, 0.25) is 0 Å². The van der Waals surface area contributed by atoms with Gasteiger partial charge in [-0.2, -0.15) is 0 Å². The lowest BCUT2D eigenvalue weighted by atomic mass is 10.4. The SMILES string of the molecule is C=CCNC(=O)C(C)O. The van der Waals surface area contributed by atoms with Gasteiger partial charge in [0.25, 0.3) is 0 Å². The van der Waals surface area contributed by atoms with Gasteiger partial charge in [0.15, 0.2) is 0 Å². The van der Waals surface area contributed by atoms with Crippen LogP contribution in [0.5, 0.6) is 0 Å². The van der Waals surface area contributed by atoms with Crippen LogP contribution in [0, 0.1) is 0 Å². The molecule has 0 aliphatic heterocycles. The Hall–Kier alpha value is -0.830. The fraction of sp³-hybridized carbons (Fsp3) is 0.500. The summed E-state index contributed by atoms with van der Waals surface area (Å²) in [6.07, 6.45) is 0.630. The van der Waals surface area contributed by atoms with E-state index in [0.717, 1.165) is 0 Å². The van der Waals surface area contributed by atoms with Crippen molar-refractivity contribution in [2.45, 2.75) is 13.0 Å². The molecule has 0 heterocycles. The van der Waals surface area contributed by atoms with Gasteiger partial charge in [0.1, 0.15) is 6.10 Å². The second kappa shape index (κ2) is 4.09. The van der Waals surface area contributed by atoms with Gasteiger partial charge in [0.05, 0.1) is 0 Å². The van der Waals surface area contributed by atoms with Gasteiger partial charge < -0.3 is 10.4 Å². The number of carbonyl (C=O) groups is 1. The minimum Gasteiger partial charge on any atom is -0.384 e. The maximum absolute atomic E-state index is 10.5. The highest BCUT2D eigenvalue weighted by molar-refractivity contribution is 5.80. The normalized spacial score (nSPS) is 12.2. The molecule has 0 saturated carbocycles. The first-order valence-electron chi connectivity index (χ1n) is 2.75.